The zero-order chi connectivity index (χ0) is 15.7. The second-order valence-corrected chi connectivity index (χ2v) is 4.85. The highest BCUT2D eigenvalue weighted by Gasteiger charge is 2.40. The van der Waals surface area contributed by atoms with Gasteiger partial charge in [0.1, 0.15) is 6.04 Å². The van der Waals surface area contributed by atoms with Crippen molar-refractivity contribution in [2.75, 3.05) is 19.8 Å². The Hall–Kier alpha value is -2.70. The van der Waals surface area contributed by atoms with Crippen molar-refractivity contribution in [1.82, 2.24) is 9.80 Å². The zero-order valence-electron chi connectivity index (χ0n) is 11.7. The van der Waals surface area contributed by atoms with Gasteiger partial charge in [-0.05, 0) is 12.1 Å². The number of likely N-dealkylation sites (N-methyl/N-ethyl adjacent to an activating group) is 2. The molecule has 1 aromatic carbocycles. The van der Waals surface area contributed by atoms with Gasteiger partial charge in [-0.15, -0.1) is 0 Å². The number of imide groups is 1. The minimum atomic E-state index is -0.851. The van der Waals surface area contributed by atoms with E-state index in [9.17, 15) is 19.2 Å². The van der Waals surface area contributed by atoms with E-state index in [0.717, 1.165) is 4.90 Å². The van der Waals surface area contributed by atoms with Crippen molar-refractivity contribution in [2.24, 2.45) is 0 Å². The third kappa shape index (κ3) is 2.37. The maximum Gasteiger partial charge on any atom is 0.255 e. The molecule has 1 aliphatic rings. The molecule has 0 radical (unpaired) electrons. The van der Waals surface area contributed by atoms with Crippen LogP contribution in [0, 0.1) is 0 Å². The van der Waals surface area contributed by atoms with Crippen LogP contribution in [0.15, 0.2) is 18.2 Å². The van der Waals surface area contributed by atoms with Crippen molar-refractivity contribution in [3.05, 3.63) is 29.3 Å². The molecule has 1 heterocycles. The van der Waals surface area contributed by atoms with E-state index in [1.165, 1.54) is 31.1 Å². The predicted molar refractivity (Wildman–Crippen MR) is 74.5 cm³/mol. The van der Waals surface area contributed by atoms with Crippen LogP contribution in [0.2, 0.25) is 0 Å². The largest absolute Gasteiger partial charge is 0.398 e. The third-order valence-corrected chi connectivity index (χ3v) is 3.63. The van der Waals surface area contributed by atoms with Gasteiger partial charge in [0, 0.05) is 25.3 Å². The molecule has 21 heavy (non-hydrogen) atoms. The summed E-state index contributed by atoms with van der Waals surface area (Å²) < 4.78 is 0. The second-order valence-electron chi connectivity index (χ2n) is 4.85. The van der Waals surface area contributed by atoms with Crippen molar-refractivity contribution in [3.63, 3.8) is 0 Å². The molecule has 7 nitrogen and oxygen atoms in total. The first-order valence-corrected chi connectivity index (χ1v) is 6.29. The number of nitrogens with zero attached hydrogens (tertiary/aromatic N) is 2. The molecule has 0 aromatic heterocycles. The minimum Gasteiger partial charge on any atom is -0.398 e. The zero-order valence-corrected chi connectivity index (χ0v) is 11.7. The minimum absolute atomic E-state index is 0.0592. The SMILES string of the molecule is CN1C(=O)CC(N(C)C(=O)c2cccc(N)c2C=O)C1=O. The number of rotatable bonds is 3. The maximum atomic E-state index is 12.5. The summed E-state index contributed by atoms with van der Waals surface area (Å²) in [6.07, 6.45) is 0.445. The number of likely N-dealkylation sites (tertiary alicyclic amines) is 1. The van der Waals surface area contributed by atoms with E-state index in [2.05, 4.69) is 0 Å². The van der Waals surface area contributed by atoms with Gasteiger partial charge in [-0.25, -0.2) is 0 Å². The average Bonchev–Trinajstić information content (AvgIpc) is 2.73. The van der Waals surface area contributed by atoms with Crippen LogP contribution in [-0.4, -0.2) is 53.9 Å². The number of nitrogen functional groups attached to an aromatic ring is 1. The van der Waals surface area contributed by atoms with E-state index in [1.807, 2.05) is 0 Å². The van der Waals surface area contributed by atoms with Gasteiger partial charge in [-0.3, -0.25) is 24.1 Å². The van der Waals surface area contributed by atoms with Gasteiger partial charge in [-0.2, -0.15) is 0 Å². The Morgan fingerprint density at radius 2 is 2.10 bits per heavy atom. The highest BCUT2D eigenvalue weighted by atomic mass is 16.2. The fraction of sp³-hybridized carbons (Fsp3) is 0.286. The van der Waals surface area contributed by atoms with Crippen LogP contribution in [0.4, 0.5) is 5.69 Å². The van der Waals surface area contributed by atoms with Gasteiger partial charge in [-0.1, -0.05) is 6.07 Å². The molecule has 0 bridgehead atoms. The van der Waals surface area contributed by atoms with Gasteiger partial charge in [0.15, 0.2) is 6.29 Å². The smallest absolute Gasteiger partial charge is 0.255 e. The highest BCUT2D eigenvalue weighted by Crippen LogP contribution is 2.21. The Kier molecular flexibility index (Phi) is 3.75. The molecule has 0 spiro atoms. The normalized spacial score (nSPS) is 18.0. The molecule has 3 amide bonds. The molecule has 7 heteroatoms. The predicted octanol–water partition coefficient (Wildman–Crippen LogP) is -0.0894. The van der Waals surface area contributed by atoms with Crippen molar-refractivity contribution >= 4 is 29.7 Å². The standard InChI is InChI=1S/C14H15N3O4/c1-16(11-6-12(19)17(2)14(11)21)13(20)8-4-3-5-10(15)9(8)7-18/h3-5,7,11H,6,15H2,1-2H3. The van der Waals surface area contributed by atoms with Gasteiger partial charge >= 0.3 is 0 Å². The van der Waals surface area contributed by atoms with E-state index in [0.29, 0.717) is 6.29 Å². The molecule has 1 atom stereocenters. The number of aldehydes is 1. The van der Waals surface area contributed by atoms with E-state index in [4.69, 9.17) is 5.73 Å². The number of anilines is 1. The number of carbonyl (C=O) groups excluding carboxylic acids is 4. The number of benzene rings is 1. The second kappa shape index (κ2) is 5.35. The van der Waals surface area contributed by atoms with Crippen molar-refractivity contribution in [1.29, 1.82) is 0 Å². The Balaban J connectivity index is 2.33. The lowest BCUT2D eigenvalue weighted by molar-refractivity contribution is -0.137. The molecule has 110 valence electrons. The third-order valence-electron chi connectivity index (χ3n) is 3.63. The quantitative estimate of drug-likeness (QED) is 0.476. The van der Waals surface area contributed by atoms with Crippen molar-refractivity contribution in [3.8, 4) is 0 Å². The van der Waals surface area contributed by atoms with Crippen LogP contribution >= 0.6 is 0 Å². The molecule has 1 aliphatic heterocycles. The molecule has 1 unspecified atom stereocenters. The molecule has 0 aliphatic carbocycles. The first-order valence-electron chi connectivity index (χ1n) is 6.29. The van der Waals surface area contributed by atoms with E-state index < -0.39 is 17.9 Å². The summed E-state index contributed by atoms with van der Waals surface area (Å²) in [5.41, 5.74) is 6.05. The number of hydrogen-bond acceptors (Lipinski definition) is 5. The topological polar surface area (TPSA) is 101 Å². The maximum absolute atomic E-state index is 12.5. The summed E-state index contributed by atoms with van der Waals surface area (Å²) in [6.45, 7) is 0. The first kappa shape index (κ1) is 14.7. The summed E-state index contributed by atoms with van der Waals surface area (Å²) in [4.78, 5) is 49.2. The van der Waals surface area contributed by atoms with Crippen LogP contribution in [0.1, 0.15) is 27.1 Å². The molecule has 1 aromatic rings. The summed E-state index contributed by atoms with van der Waals surface area (Å²) in [6, 6.07) is 3.68. The fourth-order valence-electron chi connectivity index (χ4n) is 2.27. The number of amides is 3. The highest BCUT2D eigenvalue weighted by molar-refractivity contribution is 6.09. The number of carbonyl (C=O) groups is 4. The molecular formula is C14H15N3O4. The lowest BCUT2D eigenvalue weighted by atomic mass is 10.0. The summed E-state index contributed by atoms with van der Waals surface area (Å²) in [5, 5.41) is 0. The first-order chi connectivity index (χ1) is 9.88. The van der Waals surface area contributed by atoms with E-state index in [-0.39, 0.29) is 29.1 Å². The lowest BCUT2D eigenvalue weighted by Crippen LogP contribution is -2.42. The van der Waals surface area contributed by atoms with Gasteiger partial charge < -0.3 is 10.6 Å². The van der Waals surface area contributed by atoms with Crippen molar-refractivity contribution in [2.45, 2.75) is 12.5 Å². The van der Waals surface area contributed by atoms with E-state index >= 15 is 0 Å². The molecule has 1 fully saturated rings. The Morgan fingerprint density at radius 1 is 1.43 bits per heavy atom. The summed E-state index contributed by atoms with van der Waals surface area (Å²) >= 11 is 0. The van der Waals surface area contributed by atoms with Crippen LogP contribution < -0.4 is 5.73 Å². The monoisotopic (exact) mass is 289 g/mol. The Labute approximate surface area is 121 Å². The van der Waals surface area contributed by atoms with E-state index in [1.54, 1.807) is 6.07 Å². The fourth-order valence-corrected chi connectivity index (χ4v) is 2.27. The molecule has 2 N–H and O–H groups in total. The van der Waals surface area contributed by atoms with Crippen LogP contribution in [0.3, 0.4) is 0 Å². The molecule has 2 rings (SSSR count). The van der Waals surface area contributed by atoms with Gasteiger partial charge in [0.05, 0.1) is 12.0 Å². The summed E-state index contributed by atoms with van der Waals surface area (Å²) in [5.74, 6) is -1.30. The van der Waals surface area contributed by atoms with Crippen molar-refractivity contribution < 1.29 is 19.2 Å². The molecular weight excluding hydrogens is 274 g/mol. The summed E-state index contributed by atoms with van der Waals surface area (Å²) in [7, 11) is 2.80. The Bertz CT molecular complexity index is 641. The molecule has 1 saturated heterocycles. The lowest BCUT2D eigenvalue weighted by Gasteiger charge is -2.23. The molecule has 0 saturated carbocycles. The van der Waals surface area contributed by atoms with Crippen LogP contribution in [0.25, 0.3) is 0 Å². The number of nitrogens with two attached hydrogens (primary N) is 1. The average molecular weight is 289 g/mol. The van der Waals surface area contributed by atoms with Gasteiger partial charge in [0.25, 0.3) is 11.8 Å². The van der Waals surface area contributed by atoms with Crippen LogP contribution in [-0.2, 0) is 9.59 Å². The van der Waals surface area contributed by atoms with Gasteiger partial charge in [0.2, 0.25) is 5.91 Å². The Morgan fingerprint density at radius 3 is 2.62 bits per heavy atom. The van der Waals surface area contributed by atoms with Crippen LogP contribution in [0.5, 0.6) is 0 Å². The number of hydrogen-bond donors (Lipinski definition) is 1.